The van der Waals surface area contributed by atoms with Crippen molar-refractivity contribution in [3.63, 3.8) is 0 Å². The molecule has 0 aliphatic carbocycles. The number of benzene rings is 1. The third-order valence-electron chi connectivity index (χ3n) is 1.96. The van der Waals surface area contributed by atoms with E-state index in [9.17, 15) is 10.1 Å². The zero-order chi connectivity index (χ0) is 12.3. The van der Waals surface area contributed by atoms with Crippen LogP contribution < -0.4 is 4.74 Å². The van der Waals surface area contributed by atoms with Crippen molar-refractivity contribution in [2.75, 3.05) is 0 Å². The SMILES string of the molecule is Cc1nnc(COc2cccc([N+](=O)[O-])c2)o1. The van der Waals surface area contributed by atoms with Crippen LogP contribution in [0.1, 0.15) is 11.8 Å². The van der Waals surface area contributed by atoms with E-state index >= 15 is 0 Å². The Kier molecular flexibility index (Phi) is 2.99. The normalized spacial score (nSPS) is 10.2. The molecule has 1 aromatic heterocycles. The monoisotopic (exact) mass is 235 g/mol. The van der Waals surface area contributed by atoms with Crippen LogP contribution in [0.4, 0.5) is 5.69 Å². The second kappa shape index (κ2) is 4.60. The summed E-state index contributed by atoms with van der Waals surface area (Å²) in [7, 11) is 0. The fourth-order valence-corrected chi connectivity index (χ4v) is 1.23. The molecule has 0 N–H and O–H groups in total. The van der Waals surface area contributed by atoms with Gasteiger partial charge in [0.15, 0.2) is 6.61 Å². The molecular weight excluding hydrogens is 226 g/mol. The summed E-state index contributed by atoms with van der Waals surface area (Å²) in [4.78, 5) is 10.1. The highest BCUT2D eigenvalue weighted by Crippen LogP contribution is 2.19. The first-order valence-corrected chi connectivity index (χ1v) is 4.81. The van der Waals surface area contributed by atoms with Gasteiger partial charge in [0.05, 0.1) is 11.0 Å². The Morgan fingerprint density at radius 3 is 2.94 bits per heavy atom. The van der Waals surface area contributed by atoms with Gasteiger partial charge in [0.2, 0.25) is 5.89 Å². The maximum atomic E-state index is 10.5. The van der Waals surface area contributed by atoms with E-state index < -0.39 is 4.92 Å². The Bertz CT molecular complexity index is 538. The highest BCUT2D eigenvalue weighted by atomic mass is 16.6. The molecule has 0 radical (unpaired) electrons. The van der Waals surface area contributed by atoms with Gasteiger partial charge in [-0.05, 0) is 6.07 Å². The quantitative estimate of drug-likeness (QED) is 0.593. The van der Waals surface area contributed by atoms with Crippen LogP contribution in [0, 0.1) is 17.0 Å². The van der Waals surface area contributed by atoms with E-state index in [0.29, 0.717) is 17.5 Å². The van der Waals surface area contributed by atoms with E-state index in [-0.39, 0.29) is 12.3 Å². The Balaban J connectivity index is 2.04. The maximum Gasteiger partial charge on any atom is 0.273 e. The van der Waals surface area contributed by atoms with E-state index in [0.717, 1.165) is 0 Å². The standard InChI is InChI=1S/C10H9N3O4/c1-7-11-12-10(17-7)6-16-9-4-2-3-8(5-9)13(14)15/h2-5H,6H2,1H3. The molecule has 1 aromatic carbocycles. The largest absolute Gasteiger partial charge is 0.484 e. The number of aryl methyl sites for hydroxylation is 1. The zero-order valence-corrected chi connectivity index (χ0v) is 8.99. The molecule has 0 aliphatic rings. The second-order valence-corrected chi connectivity index (χ2v) is 3.26. The molecule has 0 aliphatic heterocycles. The summed E-state index contributed by atoms with van der Waals surface area (Å²) in [5, 5.41) is 17.9. The summed E-state index contributed by atoms with van der Waals surface area (Å²) in [6.45, 7) is 1.76. The van der Waals surface area contributed by atoms with Crippen LogP contribution in [0.3, 0.4) is 0 Å². The molecule has 0 unspecified atom stereocenters. The summed E-state index contributed by atoms with van der Waals surface area (Å²) >= 11 is 0. The highest BCUT2D eigenvalue weighted by Gasteiger charge is 2.08. The fraction of sp³-hybridized carbons (Fsp3) is 0.200. The van der Waals surface area contributed by atoms with Gasteiger partial charge >= 0.3 is 0 Å². The van der Waals surface area contributed by atoms with Gasteiger partial charge in [-0.2, -0.15) is 0 Å². The molecule has 1 heterocycles. The molecule has 7 nitrogen and oxygen atoms in total. The molecule has 0 fully saturated rings. The average molecular weight is 235 g/mol. The van der Waals surface area contributed by atoms with Crippen LogP contribution in [-0.4, -0.2) is 15.1 Å². The van der Waals surface area contributed by atoms with Crippen molar-refractivity contribution in [2.45, 2.75) is 13.5 Å². The van der Waals surface area contributed by atoms with Gasteiger partial charge in [-0.3, -0.25) is 10.1 Å². The Labute approximate surface area is 96.2 Å². The molecule has 88 valence electrons. The molecule has 0 amide bonds. The average Bonchev–Trinajstić information content (AvgIpc) is 2.73. The fourth-order valence-electron chi connectivity index (χ4n) is 1.23. The van der Waals surface area contributed by atoms with Crippen LogP contribution in [0.15, 0.2) is 28.7 Å². The lowest BCUT2D eigenvalue weighted by Gasteiger charge is -2.02. The van der Waals surface area contributed by atoms with Gasteiger partial charge < -0.3 is 9.15 Å². The summed E-state index contributed by atoms with van der Waals surface area (Å²) in [6, 6.07) is 5.90. The second-order valence-electron chi connectivity index (χ2n) is 3.26. The van der Waals surface area contributed by atoms with Crippen molar-refractivity contribution >= 4 is 5.69 Å². The molecule has 0 saturated carbocycles. The van der Waals surface area contributed by atoms with Crippen LogP contribution in [0.25, 0.3) is 0 Å². The Morgan fingerprint density at radius 2 is 2.29 bits per heavy atom. The van der Waals surface area contributed by atoms with Crippen LogP contribution in [0.2, 0.25) is 0 Å². The molecule has 2 aromatic rings. The minimum Gasteiger partial charge on any atom is -0.484 e. The number of hydrogen-bond acceptors (Lipinski definition) is 6. The lowest BCUT2D eigenvalue weighted by Crippen LogP contribution is -1.96. The summed E-state index contributed by atoms with van der Waals surface area (Å²) < 4.78 is 10.4. The Hall–Kier alpha value is -2.44. The minimum atomic E-state index is -0.482. The molecule has 7 heteroatoms. The van der Waals surface area contributed by atoms with Crippen molar-refractivity contribution in [3.8, 4) is 5.75 Å². The summed E-state index contributed by atoms with van der Waals surface area (Å²) in [5.74, 6) is 1.16. The Morgan fingerprint density at radius 1 is 1.47 bits per heavy atom. The van der Waals surface area contributed by atoms with Gasteiger partial charge in [-0.1, -0.05) is 6.07 Å². The number of nitro benzene ring substituents is 1. The van der Waals surface area contributed by atoms with Crippen molar-refractivity contribution in [1.29, 1.82) is 0 Å². The van der Waals surface area contributed by atoms with Gasteiger partial charge in [-0.15, -0.1) is 10.2 Å². The molecule has 0 spiro atoms. The molecule has 0 atom stereocenters. The highest BCUT2D eigenvalue weighted by molar-refractivity contribution is 5.37. The first-order valence-electron chi connectivity index (χ1n) is 4.81. The van der Waals surface area contributed by atoms with Crippen molar-refractivity contribution in [2.24, 2.45) is 0 Å². The lowest BCUT2D eigenvalue weighted by molar-refractivity contribution is -0.384. The maximum absolute atomic E-state index is 10.5. The predicted octanol–water partition coefficient (Wildman–Crippen LogP) is 1.87. The molecular formula is C10H9N3O4. The van der Waals surface area contributed by atoms with Crippen LogP contribution in [-0.2, 0) is 6.61 Å². The smallest absolute Gasteiger partial charge is 0.273 e. The van der Waals surface area contributed by atoms with E-state index in [1.807, 2.05) is 0 Å². The number of nitrogens with zero attached hydrogens (tertiary/aromatic N) is 3. The van der Waals surface area contributed by atoms with Gasteiger partial charge in [0.1, 0.15) is 5.75 Å². The zero-order valence-electron chi connectivity index (χ0n) is 8.99. The summed E-state index contributed by atoms with van der Waals surface area (Å²) in [5.41, 5.74) is -0.0239. The third-order valence-corrected chi connectivity index (χ3v) is 1.96. The lowest BCUT2D eigenvalue weighted by atomic mass is 10.3. The predicted molar refractivity (Wildman–Crippen MR) is 56.5 cm³/mol. The topological polar surface area (TPSA) is 91.3 Å². The first-order chi connectivity index (χ1) is 8.15. The minimum absolute atomic E-state index is 0.0239. The number of aromatic nitrogens is 2. The van der Waals surface area contributed by atoms with Crippen molar-refractivity contribution in [1.82, 2.24) is 10.2 Å². The van der Waals surface area contributed by atoms with Crippen molar-refractivity contribution < 1.29 is 14.1 Å². The van der Waals surface area contributed by atoms with E-state index in [2.05, 4.69) is 10.2 Å². The van der Waals surface area contributed by atoms with Crippen molar-refractivity contribution in [3.05, 3.63) is 46.2 Å². The number of nitro groups is 1. The van der Waals surface area contributed by atoms with Crippen LogP contribution in [0.5, 0.6) is 5.75 Å². The van der Waals surface area contributed by atoms with Gasteiger partial charge in [0.25, 0.3) is 11.6 Å². The molecule has 2 rings (SSSR count). The number of non-ortho nitro benzene ring substituents is 1. The molecule has 0 bridgehead atoms. The number of hydrogen-bond donors (Lipinski definition) is 0. The third kappa shape index (κ3) is 2.77. The van der Waals surface area contributed by atoms with E-state index in [1.165, 1.54) is 12.1 Å². The van der Waals surface area contributed by atoms with E-state index in [4.69, 9.17) is 9.15 Å². The van der Waals surface area contributed by atoms with Crippen LogP contribution >= 0.6 is 0 Å². The van der Waals surface area contributed by atoms with E-state index in [1.54, 1.807) is 19.1 Å². The number of ether oxygens (including phenoxy) is 1. The van der Waals surface area contributed by atoms with Gasteiger partial charge in [-0.25, -0.2) is 0 Å². The molecule has 0 saturated heterocycles. The molecule has 17 heavy (non-hydrogen) atoms. The number of rotatable bonds is 4. The van der Waals surface area contributed by atoms with Gasteiger partial charge in [0, 0.05) is 13.0 Å². The first kappa shape index (κ1) is 11.1. The summed E-state index contributed by atoms with van der Waals surface area (Å²) in [6.07, 6.45) is 0.